The number of aliphatic hydroxyl groups excluding tert-OH is 4. The van der Waals surface area contributed by atoms with E-state index in [1.165, 1.54) is 17.2 Å². The molecule has 2 unspecified atom stereocenters. The lowest BCUT2D eigenvalue weighted by molar-refractivity contribution is -0.114. The second-order valence-corrected chi connectivity index (χ2v) is 13.8. The van der Waals surface area contributed by atoms with E-state index in [1.54, 1.807) is 11.0 Å². The van der Waals surface area contributed by atoms with Crippen molar-refractivity contribution in [2.75, 3.05) is 33.1 Å². The van der Waals surface area contributed by atoms with Gasteiger partial charge in [-0.2, -0.15) is 4.31 Å². The van der Waals surface area contributed by atoms with Gasteiger partial charge in [-0.3, -0.25) is 29.8 Å². The summed E-state index contributed by atoms with van der Waals surface area (Å²) in [5.74, 6) is -0.736. The summed E-state index contributed by atoms with van der Waals surface area (Å²) in [4.78, 5) is 34.6. The minimum atomic E-state index is -5.33. The second-order valence-electron chi connectivity index (χ2n) is 10.7. The van der Waals surface area contributed by atoms with E-state index in [0.29, 0.717) is 6.67 Å². The molecule has 4 saturated heterocycles. The Hall–Kier alpha value is -1.43. The van der Waals surface area contributed by atoms with E-state index >= 15 is 0 Å². The summed E-state index contributed by atoms with van der Waals surface area (Å²) in [5.41, 5.74) is 11.4. The zero-order valence-electron chi connectivity index (χ0n) is 23.0. The minimum absolute atomic E-state index is 0.110. The summed E-state index contributed by atoms with van der Waals surface area (Å²) in [6, 6.07) is -0.241. The fourth-order valence-corrected chi connectivity index (χ4v) is 7.64. The first kappa shape index (κ1) is 33.9. The molecular weight excluding hydrogens is 636 g/mol. The number of fused-ring (bicyclic) bond motifs is 1. The van der Waals surface area contributed by atoms with Crippen LogP contribution in [0.1, 0.15) is 0 Å². The third-order valence-electron chi connectivity index (χ3n) is 7.78. The number of carbonyl (C=O) groups is 1. The maximum atomic E-state index is 12.5. The summed E-state index contributed by atoms with van der Waals surface area (Å²) in [6.45, 7) is -0.887. The molecule has 0 saturated carbocycles. The lowest BCUT2D eigenvalue weighted by Crippen LogP contribution is -2.68. The van der Waals surface area contributed by atoms with Gasteiger partial charge in [0.05, 0.1) is 43.8 Å². The van der Waals surface area contributed by atoms with Crippen molar-refractivity contribution in [2.45, 2.75) is 67.5 Å². The van der Waals surface area contributed by atoms with E-state index < -0.39 is 90.0 Å². The summed E-state index contributed by atoms with van der Waals surface area (Å²) in [7, 11) is -10.7. The molecule has 1 amide bonds. The number of carbonyl (C=O) groups excluding carboxylic acids is 1. The van der Waals surface area contributed by atoms with Crippen LogP contribution in [0, 0.1) is 0 Å². The fraction of sp³-hybridized carbons (Fsp3) is 0.762. The highest BCUT2D eigenvalue weighted by atomic mass is 31.3. The van der Waals surface area contributed by atoms with Crippen LogP contribution in [0.2, 0.25) is 0 Å². The third kappa shape index (κ3) is 7.26. The monoisotopic (exact) mass is 673 g/mol. The van der Waals surface area contributed by atoms with Crippen molar-refractivity contribution in [3.05, 3.63) is 23.9 Å². The molecule has 0 radical (unpaired) electrons. The standard InChI is InChI=1S/C21H37N7O14P2/c22-17-12-19(25-7-24-17)28(8-26-12)21-16(32)14(30)11(41-21)6-39-44(36,37)42-43(34,35)38-5-10-13(29)15(31)20(40-10)27-3-1-2-9(4-27)18(23)33/h1-2,4,10-17,19-21,24-26,29-32H,3,5-8,22H2,(H2,23,33)(H,34,35)(H,36,37)/t10-,11-,12+,13-,14-,15-,16-,17+,19-,20-,21-/m1/s1. The first-order valence-corrected chi connectivity index (χ1v) is 16.5. The van der Waals surface area contributed by atoms with Gasteiger partial charge in [0.25, 0.3) is 0 Å². The summed E-state index contributed by atoms with van der Waals surface area (Å²) in [5, 5.41) is 51.2. The number of nitrogens with zero attached hydrogens (tertiary/aromatic N) is 2. The Morgan fingerprint density at radius 1 is 0.955 bits per heavy atom. The van der Waals surface area contributed by atoms with Crippen molar-refractivity contribution in [1.82, 2.24) is 25.8 Å². The maximum absolute atomic E-state index is 12.5. The highest BCUT2D eigenvalue weighted by Crippen LogP contribution is 2.60. The van der Waals surface area contributed by atoms with Crippen molar-refractivity contribution in [2.24, 2.45) is 11.5 Å². The summed E-state index contributed by atoms with van der Waals surface area (Å²) >= 11 is 0. The Labute approximate surface area is 250 Å². The predicted molar refractivity (Wildman–Crippen MR) is 144 cm³/mol. The van der Waals surface area contributed by atoms with Crippen LogP contribution in [0.25, 0.3) is 0 Å². The van der Waals surface area contributed by atoms with Crippen LogP contribution in [0.4, 0.5) is 0 Å². The number of hydrogen-bond donors (Lipinski definition) is 11. The van der Waals surface area contributed by atoms with E-state index in [2.05, 4.69) is 20.3 Å². The van der Waals surface area contributed by atoms with Crippen molar-refractivity contribution >= 4 is 21.6 Å². The highest BCUT2D eigenvalue weighted by Gasteiger charge is 2.52. The quantitative estimate of drug-likeness (QED) is 0.0911. The van der Waals surface area contributed by atoms with Crippen LogP contribution < -0.4 is 27.4 Å². The van der Waals surface area contributed by atoms with E-state index in [9.17, 15) is 44.1 Å². The smallest absolute Gasteiger partial charge is 0.387 e. The van der Waals surface area contributed by atoms with Crippen LogP contribution >= 0.6 is 15.6 Å². The summed E-state index contributed by atoms with van der Waals surface area (Å²) < 4.78 is 49.9. The molecule has 5 heterocycles. The largest absolute Gasteiger partial charge is 0.481 e. The Morgan fingerprint density at radius 2 is 1.55 bits per heavy atom. The van der Waals surface area contributed by atoms with Gasteiger partial charge in [0, 0.05) is 19.4 Å². The number of nitrogens with one attached hydrogen (secondary N) is 3. The Bertz CT molecular complexity index is 1230. The first-order chi connectivity index (χ1) is 20.7. The van der Waals surface area contributed by atoms with E-state index in [-0.39, 0.29) is 31.0 Å². The average Bonchev–Trinajstić information content (AvgIpc) is 3.61. The van der Waals surface area contributed by atoms with Gasteiger partial charge in [0.1, 0.15) is 42.9 Å². The minimum Gasteiger partial charge on any atom is -0.387 e. The van der Waals surface area contributed by atoms with Crippen LogP contribution in [0.3, 0.4) is 0 Å². The molecule has 23 heteroatoms. The lowest BCUT2D eigenvalue weighted by atomic mass is 10.1. The number of phosphoric ester groups is 2. The molecule has 13 atom stereocenters. The number of ether oxygens (including phenoxy) is 2. The molecule has 0 spiro atoms. The topological polar surface area (TPSA) is 313 Å². The number of phosphoric acid groups is 2. The highest BCUT2D eigenvalue weighted by molar-refractivity contribution is 7.61. The number of rotatable bonds is 11. The van der Waals surface area contributed by atoms with E-state index in [0.717, 1.165) is 0 Å². The molecule has 44 heavy (non-hydrogen) atoms. The van der Waals surface area contributed by atoms with Crippen LogP contribution in [-0.2, 0) is 36.8 Å². The van der Waals surface area contributed by atoms with Gasteiger partial charge in [-0.05, 0) is 0 Å². The molecule has 0 aliphatic carbocycles. The average molecular weight is 674 g/mol. The number of nitrogens with two attached hydrogens (primary N) is 2. The van der Waals surface area contributed by atoms with Crippen LogP contribution in [-0.4, -0.2) is 146 Å². The van der Waals surface area contributed by atoms with Gasteiger partial charge in [-0.25, -0.2) is 14.0 Å². The SMILES string of the molecule is NC(=O)C1=CN([C@@H]2O[C@H](COP(=O)(O)OP(=O)(O)OC[C@H]3O[C@@H](N4CN[C@H]5[C@@H](N)NCN[C@@H]54)[C@H](O)[C@@H]3O)[C@@H](O)[C@H]2O)CC=C1. The van der Waals surface area contributed by atoms with Gasteiger partial charge in [0.15, 0.2) is 6.23 Å². The van der Waals surface area contributed by atoms with Crippen LogP contribution in [0.5, 0.6) is 0 Å². The van der Waals surface area contributed by atoms with Gasteiger partial charge < -0.3 is 56.1 Å². The number of amides is 1. The van der Waals surface area contributed by atoms with E-state index in [4.69, 9.17) is 30.0 Å². The molecule has 0 aromatic rings. The second kappa shape index (κ2) is 13.4. The number of primary amides is 1. The predicted octanol–water partition coefficient (Wildman–Crippen LogP) is -5.64. The molecule has 250 valence electrons. The third-order valence-corrected chi connectivity index (χ3v) is 10.4. The fourth-order valence-electron chi connectivity index (χ4n) is 5.54. The van der Waals surface area contributed by atoms with Crippen LogP contribution in [0.15, 0.2) is 23.9 Å². The van der Waals surface area contributed by atoms with Crippen molar-refractivity contribution in [1.29, 1.82) is 0 Å². The zero-order chi connectivity index (χ0) is 32.0. The molecule has 5 aliphatic heterocycles. The van der Waals surface area contributed by atoms with Crippen molar-refractivity contribution < 1.29 is 67.0 Å². The molecule has 5 aliphatic rings. The van der Waals surface area contributed by atoms with Gasteiger partial charge in [0.2, 0.25) is 5.91 Å². The molecular formula is C21H37N7O14P2. The first-order valence-electron chi connectivity index (χ1n) is 13.5. The molecule has 0 aromatic carbocycles. The van der Waals surface area contributed by atoms with Gasteiger partial charge in [-0.15, -0.1) is 0 Å². The molecule has 21 nitrogen and oxygen atoms in total. The van der Waals surface area contributed by atoms with E-state index in [1.807, 2.05) is 0 Å². The number of aliphatic hydroxyl groups is 4. The zero-order valence-corrected chi connectivity index (χ0v) is 24.8. The number of hydrogen-bond acceptors (Lipinski definition) is 18. The summed E-state index contributed by atoms with van der Waals surface area (Å²) in [6.07, 6.45) is -7.52. The van der Waals surface area contributed by atoms with Gasteiger partial charge >= 0.3 is 15.6 Å². The molecule has 0 aromatic heterocycles. The van der Waals surface area contributed by atoms with Crippen molar-refractivity contribution in [3.8, 4) is 0 Å². The lowest BCUT2D eigenvalue weighted by Gasteiger charge is -2.38. The Kier molecular flexibility index (Phi) is 10.3. The van der Waals surface area contributed by atoms with Crippen molar-refractivity contribution in [3.63, 3.8) is 0 Å². The van der Waals surface area contributed by atoms with Gasteiger partial charge in [-0.1, -0.05) is 12.2 Å². The normalized spacial score (nSPS) is 42.1. The molecule has 13 N–H and O–H groups in total. The molecule has 4 fully saturated rings. The Balaban J connectivity index is 1.11. The molecule has 5 rings (SSSR count). The Morgan fingerprint density at radius 3 is 2.16 bits per heavy atom. The molecule has 0 bridgehead atoms. The maximum Gasteiger partial charge on any atom is 0.481 e.